The van der Waals surface area contributed by atoms with E-state index >= 15 is 0 Å². The average Bonchev–Trinajstić information content (AvgIpc) is 3.54. The van der Waals surface area contributed by atoms with Crippen LogP contribution in [0.5, 0.6) is 17.2 Å². The molecule has 0 saturated carbocycles. The molecule has 2 heterocycles. The molecule has 196 valence electrons. The van der Waals surface area contributed by atoms with E-state index in [4.69, 9.17) is 14.2 Å². The van der Waals surface area contributed by atoms with Gasteiger partial charge < -0.3 is 29.7 Å². The molecule has 1 saturated heterocycles. The van der Waals surface area contributed by atoms with Crippen LogP contribution in [0, 0.1) is 19.8 Å². The lowest BCUT2D eigenvalue weighted by Crippen LogP contribution is -2.32. The van der Waals surface area contributed by atoms with Gasteiger partial charge in [0.05, 0.1) is 5.92 Å². The van der Waals surface area contributed by atoms with Crippen molar-refractivity contribution in [3.05, 3.63) is 77.4 Å². The van der Waals surface area contributed by atoms with Crippen LogP contribution < -0.4 is 29.7 Å². The summed E-state index contributed by atoms with van der Waals surface area (Å²) in [5.74, 6) is 0.867. The molecule has 9 nitrogen and oxygen atoms in total. The van der Waals surface area contributed by atoms with E-state index in [1.54, 1.807) is 29.2 Å². The number of hydrogen-bond donors (Lipinski definition) is 2. The second kappa shape index (κ2) is 10.8. The molecule has 0 radical (unpaired) electrons. The van der Waals surface area contributed by atoms with Crippen molar-refractivity contribution in [1.82, 2.24) is 5.32 Å². The number of nitrogens with zero attached hydrogens (tertiary/aromatic N) is 1. The normalized spacial score (nSPS) is 15.9. The Morgan fingerprint density at radius 1 is 1.00 bits per heavy atom. The van der Waals surface area contributed by atoms with E-state index in [1.165, 1.54) is 0 Å². The number of benzene rings is 3. The summed E-state index contributed by atoms with van der Waals surface area (Å²) in [7, 11) is 0. The number of amides is 3. The Kier molecular flexibility index (Phi) is 7.17. The standard InChI is InChI=1S/C29H29N3O6/c1-18-3-9-24(19(2)11-18)31-27(33)16-36-23-7-5-22(6-8-23)32-15-21(13-28(32)34)29(35)30-14-20-4-10-25-26(12-20)38-17-37-25/h3-12,21H,13-17H2,1-2H3,(H,30,35)(H,31,33)/t21-/m0/s1. The SMILES string of the molecule is Cc1ccc(NC(=O)COc2ccc(N3C[C@@H](C(=O)NCc4ccc5c(c4)OCO5)CC3=O)cc2)c(C)c1. The van der Waals surface area contributed by atoms with Crippen molar-refractivity contribution in [3.63, 3.8) is 0 Å². The first kappa shape index (κ1) is 25.1. The summed E-state index contributed by atoms with van der Waals surface area (Å²) in [6, 6.07) is 18.3. The Morgan fingerprint density at radius 3 is 2.58 bits per heavy atom. The van der Waals surface area contributed by atoms with E-state index in [2.05, 4.69) is 10.6 Å². The number of hydrogen-bond acceptors (Lipinski definition) is 6. The van der Waals surface area contributed by atoms with Crippen LogP contribution in [-0.4, -0.2) is 37.7 Å². The van der Waals surface area contributed by atoms with Crippen LogP contribution in [0.4, 0.5) is 11.4 Å². The highest BCUT2D eigenvalue weighted by Crippen LogP contribution is 2.32. The summed E-state index contributed by atoms with van der Waals surface area (Å²) < 4.78 is 16.3. The van der Waals surface area contributed by atoms with Crippen LogP contribution >= 0.6 is 0 Å². The maximum Gasteiger partial charge on any atom is 0.262 e. The first-order valence-corrected chi connectivity index (χ1v) is 12.4. The van der Waals surface area contributed by atoms with Crippen molar-refractivity contribution in [2.75, 3.05) is 30.2 Å². The Morgan fingerprint density at radius 2 is 1.79 bits per heavy atom. The number of carbonyl (C=O) groups is 3. The molecule has 3 aromatic carbocycles. The summed E-state index contributed by atoms with van der Waals surface area (Å²) in [6.45, 7) is 4.63. The second-order valence-corrected chi connectivity index (χ2v) is 9.46. The van der Waals surface area contributed by atoms with Crippen LogP contribution in [-0.2, 0) is 20.9 Å². The lowest BCUT2D eigenvalue weighted by molar-refractivity contribution is -0.126. The van der Waals surface area contributed by atoms with Gasteiger partial charge in [0.2, 0.25) is 18.6 Å². The van der Waals surface area contributed by atoms with Crippen LogP contribution in [0.2, 0.25) is 0 Å². The molecule has 9 heteroatoms. The highest BCUT2D eigenvalue weighted by Gasteiger charge is 2.35. The maximum atomic E-state index is 12.7. The summed E-state index contributed by atoms with van der Waals surface area (Å²) in [4.78, 5) is 39.3. The molecule has 2 aliphatic rings. The Labute approximate surface area is 220 Å². The minimum absolute atomic E-state index is 0.116. The molecule has 2 aliphatic heterocycles. The lowest BCUT2D eigenvalue weighted by Gasteiger charge is -2.17. The number of anilines is 2. The minimum atomic E-state index is -0.443. The Bertz CT molecular complexity index is 1370. The fraction of sp³-hybridized carbons (Fsp3) is 0.276. The third-order valence-electron chi connectivity index (χ3n) is 6.57. The molecule has 0 bridgehead atoms. The second-order valence-electron chi connectivity index (χ2n) is 9.46. The van der Waals surface area contributed by atoms with Crippen molar-refractivity contribution >= 4 is 29.1 Å². The van der Waals surface area contributed by atoms with Gasteiger partial charge in [-0.15, -0.1) is 0 Å². The van der Waals surface area contributed by atoms with Crippen molar-refractivity contribution in [2.45, 2.75) is 26.8 Å². The molecule has 1 atom stereocenters. The number of ether oxygens (including phenoxy) is 3. The zero-order chi connectivity index (χ0) is 26.6. The van der Waals surface area contributed by atoms with Crippen molar-refractivity contribution in [2.24, 2.45) is 5.92 Å². The lowest BCUT2D eigenvalue weighted by atomic mass is 10.1. The minimum Gasteiger partial charge on any atom is -0.484 e. The third-order valence-corrected chi connectivity index (χ3v) is 6.57. The van der Waals surface area contributed by atoms with Crippen LogP contribution in [0.15, 0.2) is 60.7 Å². The van der Waals surface area contributed by atoms with E-state index in [1.807, 2.05) is 50.2 Å². The number of rotatable bonds is 8. The maximum absolute atomic E-state index is 12.7. The Balaban J connectivity index is 1.11. The van der Waals surface area contributed by atoms with Gasteiger partial charge in [-0.1, -0.05) is 23.8 Å². The first-order valence-electron chi connectivity index (χ1n) is 12.4. The number of nitrogens with one attached hydrogen (secondary N) is 2. The van der Waals surface area contributed by atoms with Gasteiger partial charge in [-0.25, -0.2) is 0 Å². The molecule has 2 N–H and O–H groups in total. The van der Waals surface area contributed by atoms with Gasteiger partial charge in [0, 0.05) is 30.9 Å². The summed E-state index contributed by atoms with van der Waals surface area (Å²) in [5.41, 5.74) is 4.43. The molecular formula is C29H29N3O6. The molecule has 3 amide bonds. The van der Waals surface area contributed by atoms with Gasteiger partial charge in [0.25, 0.3) is 5.91 Å². The van der Waals surface area contributed by atoms with Gasteiger partial charge >= 0.3 is 0 Å². The fourth-order valence-electron chi connectivity index (χ4n) is 4.53. The first-order chi connectivity index (χ1) is 18.4. The highest BCUT2D eigenvalue weighted by atomic mass is 16.7. The smallest absolute Gasteiger partial charge is 0.262 e. The predicted molar refractivity (Wildman–Crippen MR) is 141 cm³/mol. The van der Waals surface area contributed by atoms with Crippen LogP contribution in [0.3, 0.4) is 0 Å². The number of aryl methyl sites for hydroxylation is 2. The monoisotopic (exact) mass is 515 g/mol. The van der Waals surface area contributed by atoms with Gasteiger partial charge in [0.1, 0.15) is 5.75 Å². The zero-order valence-electron chi connectivity index (χ0n) is 21.3. The molecule has 5 rings (SSSR count). The summed E-state index contributed by atoms with van der Waals surface area (Å²) in [6.07, 6.45) is 0.143. The van der Waals surface area contributed by atoms with E-state index in [0.29, 0.717) is 36.0 Å². The molecule has 0 unspecified atom stereocenters. The fourth-order valence-corrected chi connectivity index (χ4v) is 4.53. The molecule has 0 spiro atoms. The summed E-state index contributed by atoms with van der Waals surface area (Å²) >= 11 is 0. The van der Waals surface area contributed by atoms with Crippen molar-refractivity contribution in [1.29, 1.82) is 0 Å². The molecule has 38 heavy (non-hydrogen) atoms. The van der Waals surface area contributed by atoms with Crippen LogP contribution in [0.25, 0.3) is 0 Å². The number of fused-ring (bicyclic) bond motifs is 1. The number of carbonyl (C=O) groups excluding carboxylic acids is 3. The van der Waals surface area contributed by atoms with E-state index in [0.717, 1.165) is 22.4 Å². The van der Waals surface area contributed by atoms with E-state index in [9.17, 15) is 14.4 Å². The van der Waals surface area contributed by atoms with Crippen LogP contribution in [0.1, 0.15) is 23.1 Å². The van der Waals surface area contributed by atoms with Crippen molar-refractivity contribution < 1.29 is 28.6 Å². The topological polar surface area (TPSA) is 106 Å². The van der Waals surface area contributed by atoms with E-state index in [-0.39, 0.29) is 37.5 Å². The van der Waals surface area contributed by atoms with Gasteiger partial charge in [-0.05, 0) is 67.4 Å². The summed E-state index contributed by atoms with van der Waals surface area (Å²) in [5, 5.41) is 5.76. The predicted octanol–water partition coefficient (Wildman–Crippen LogP) is 3.72. The largest absolute Gasteiger partial charge is 0.484 e. The quantitative estimate of drug-likeness (QED) is 0.474. The molecule has 0 aromatic heterocycles. The Hall–Kier alpha value is -4.53. The molecule has 0 aliphatic carbocycles. The van der Waals surface area contributed by atoms with E-state index < -0.39 is 5.92 Å². The average molecular weight is 516 g/mol. The zero-order valence-corrected chi connectivity index (χ0v) is 21.3. The highest BCUT2D eigenvalue weighted by molar-refractivity contribution is 6.00. The van der Waals surface area contributed by atoms with Gasteiger partial charge in [-0.3, -0.25) is 14.4 Å². The van der Waals surface area contributed by atoms with Crippen molar-refractivity contribution in [3.8, 4) is 17.2 Å². The van der Waals surface area contributed by atoms with Gasteiger partial charge in [-0.2, -0.15) is 0 Å². The molecule has 3 aromatic rings. The third kappa shape index (κ3) is 5.72. The molecular weight excluding hydrogens is 486 g/mol. The molecule has 1 fully saturated rings. The van der Waals surface area contributed by atoms with Gasteiger partial charge in [0.15, 0.2) is 18.1 Å².